The Labute approximate surface area is 193 Å². The molecular formula is C23H28Cl2N2O2S. The number of thioether (sulfide) groups is 1. The Kier molecular flexibility index (Phi) is 10.0. The number of nitrogens with one attached hydrogen (secondary N) is 1. The fraction of sp³-hybridized carbons (Fsp3) is 0.391. The number of halogens is 2. The van der Waals surface area contributed by atoms with Gasteiger partial charge in [-0.1, -0.05) is 73.4 Å². The Morgan fingerprint density at radius 1 is 0.967 bits per heavy atom. The molecule has 0 unspecified atom stereocenters. The number of carbonyl (C=O) groups excluding carboxylic acids is 2. The summed E-state index contributed by atoms with van der Waals surface area (Å²) in [7, 11) is 0. The van der Waals surface area contributed by atoms with Gasteiger partial charge in [0.25, 0.3) is 0 Å². The summed E-state index contributed by atoms with van der Waals surface area (Å²) in [5.74, 6) is 0.927. The average molecular weight is 467 g/mol. The third-order valence-electron chi connectivity index (χ3n) is 4.59. The lowest BCUT2D eigenvalue weighted by Crippen LogP contribution is -2.48. The predicted molar refractivity (Wildman–Crippen MR) is 127 cm³/mol. The molecule has 0 aliphatic rings. The predicted octanol–water partition coefficient (Wildman–Crippen LogP) is 5.42. The number of hydrogen-bond acceptors (Lipinski definition) is 3. The van der Waals surface area contributed by atoms with Gasteiger partial charge in [0.05, 0.1) is 5.75 Å². The Morgan fingerprint density at radius 2 is 1.53 bits per heavy atom. The number of benzene rings is 2. The summed E-state index contributed by atoms with van der Waals surface area (Å²) < 4.78 is 0. The summed E-state index contributed by atoms with van der Waals surface area (Å²) in [5.41, 5.74) is 1.80. The maximum atomic E-state index is 13.1. The van der Waals surface area contributed by atoms with Gasteiger partial charge in [0.15, 0.2) is 0 Å². The minimum absolute atomic E-state index is 0.112. The minimum Gasteiger partial charge on any atom is -0.354 e. The topological polar surface area (TPSA) is 49.4 Å². The van der Waals surface area contributed by atoms with Crippen molar-refractivity contribution in [2.75, 3.05) is 12.3 Å². The monoisotopic (exact) mass is 466 g/mol. The fourth-order valence-corrected chi connectivity index (χ4v) is 4.18. The minimum atomic E-state index is -0.603. The van der Waals surface area contributed by atoms with Gasteiger partial charge in [0.2, 0.25) is 11.8 Å². The molecule has 0 aliphatic carbocycles. The Balaban J connectivity index is 2.08. The van der Waals surface area contributed by atoms with Crippen LogP contribution in [0.1, 0.15) is 31.9 Å². The molecule has 2 aromatic carbocycles. The summed E-state index contributed by atoms with van der Waals surface area (Å²) >= 11 is 14.0. The van der Waals surface area contributed by atoms with E-state index in [1.807, 2.05) is 56.3 Å². The smallest absolute Gasteiger partial charge is 0.242 e. The SMILES string of the molecule is CC(C)CNC(=O)[C@@H](C)N(Cc1ccccc1Cl)C(=O)CSCc1ccccc1Cl. The fourth-order valence-electron chi connectivity index (χ4n) is 2.79. The summed E-state index contributed by atoms with van der Waals surface area (Å²) in [5, 5.41) is 4.18. The molecule has 1 N–H and O–H groups in total. The van der Waals surface area contributed by atoms with Gasteiger partial charge in [0, 0.05) is 28.9 Å². The molecule has 0 aliphatic heterocycles. The van der Waals surface area contributed by atoms with Crippen molar-refractivity contribution in [3.05, 3.63) is 69.7 Å². The van der Waals surface area contributed by atoms with Crippen molar-refractivity contribution in [2.45, 2.75) is 39.1 Å². The zero-order chi connectivity index (χ0) is 22.1. The molecule has 0 saturated carbocycles. The molecule has 0 aromatic heterocycles. The highest BCUT2D eigenvalue weighted by atomic mass is 35.5. The second kappa shape index (κ2) is 12.2. The van der Waals surface area contributed by atoms with Crippen molar-refractivity contribution in [1.82, 2.24) is 10.2 Å². The van der Waals surface area contributed by atoms with Gasteiger partial charge >= 0.3 is 0 Å². The number of hydrogen-bond donors (Lipinski definition) is 1. The van der Waals surface area contributed by atoms with Crippen LogP contribution >= 0.6 is 35.0 Å². The molecule has 0 fully saturated rings. The molecule has 2 rings (SSSR count). The number of amides is 2. The molecule has 0 spiro atoms. The molecule has 0 saturated heterocycles. The van der Waals surface area contributed by atoms with Crippen LogP contribution in [0.5, 0.6) is 0 Å². The highest BCUT2D eigenvalue weighted by Gasteiger charge is 2.26. The van der Waals surface area contributed by atoms with E-state index in [2.05, 4.69) is 5.32 Å². The van der Waals surface area contributed by atoms with Crippen LogP contribution in [0.2, 0.25) is 10.0 Å². The van der Waals surface area contributed by atoms with Crippen molar-refractivity contribution in [3.8, 4) is 0 Å². The summed E-state index contributed by atoms with van der Waals surface area (Å²) in [6.07, 6.45) is 0. The molecule has 0 bridgehead atoms. The highest BCUT2D eigenvalue weighted by Crippen LogP contribution is 2.23. The van der Waals surface area contributed by atoms with Gasteiger partial charge < -0.3 is 10.2 Å². The molecule has 0 radical (unpaired) electrons. The van der Waals surface area contributed by atoms with Crippen LogP contribution in [0.25, 0.3) is 0 Å². The van der Waals surface area contributed by atoms with Crippen LogP contribution in [0.4, 0.5) is 0 Å². The number of carbonyl (C=O) groups is 2. The maximum Gasteiger partial charge on any atom is 0.242 e. The van der Waals surface area contributed by atoms with E-state index in [9.17, 15) is 9.59 Å². The summed E-state index contributed by atoms with van der Waals surface area (Å²) in [6.45, 7) is 6.66. The second-order valence-corrected chi connectivity index (χ2v) is 9.31. The Morgan fingerprint density at radius 3 is 2.10 bits per heavy atom. The van der Waals surface area contributed by atoms with Gasteiger partial charge in [-0.2, -0.15) is 0 Å². The first-order chi connectivity index (χ1) is 14.3. The van der Waals surface area contributed by atoms with E-state index in [0.29, 0.717) is 28.3 Å². The molecule has 162 valence electrons. The van der Waals surface area contributed by atoms with Gasteiger partial charge in [-0.3, -0.25) is 9.59 Å². The quantitative estimate of drug-likeness (QED) is 0.508. The van der Waals surface area contributed by atoms with Crippen LogP contribution in [-0.4, -0.2) is 35.1 Å². The van der Waals surface area contributed by atoms with Crippen molar-refractivity contribution in [3.63, 3.8) is 0 Å². The highest BCUT2D eigenvalue weighted by molar-refractivity contribution is 7.99. The molecule has 0 heterocycles. The third kappa shape index (κ3) is 7.53. The van der Waals surface area contributed by atoms with Gasteiger partial charge in [0.1, 0.15) is 6.04 Å². The Hall–Kier alpha value is -1.69. The van der Waals surface area contributed by atoms with Crippen LogP contribution in [0.15, 0.2) is 48.5 Å². The first kappa shape index (κ1) is 24.6. The van der Waals surface area contributed by atoms with Crippen LogP contribution in [0, 0.1) is 5.92 Å². The van der Waals surface area contributed by atoms with Crippen molar-refractivity contribution in [2.24, 2.45) is 5.92 Å². The summed E-state index contributed by atoms with van der Waals surface area (Å²) in [6, 6.07) is 14.4. The summed E-state index contributed by atoms with van der Waals surface area (Å²) in [4.78, 5) is 27.3. The van der Waals surface area contributed by atoms with E-state index in [-0.39, 0.29) is 24.1 Å². The second-order valence-electron chi connectivity index (χ2n) is 7.51. The maximum absolute atomic E-state index is 13.1. The Bertz CT molecular complexity index is 861. The van der Waals surface area contributed by atoms with E-state index in [0.717, 1.165) is 11.1 Å². The standard InChI is InChI=1S/C23H28Cl2N2O2S/c1-16(2)12-26-23(29)17(3)27(13-18-8-4-6-10-20(18)24)22(28)15-30-14-19-9-5-7-11-21(19)25/h4-11,16-17H,12-15H2,1-3H3,(H,26,29)/t17-/m1/s1. The number of rotatable bonds is 10. The van der Waals surface area contributed by atoms with Crippen LogP contribution in [-0.2, 0) is 21.9 Å². The van der Waals surface area contributed by atoms with Gasteiger partial charge in [-0.05, 0) is 36.1 Å². The lowest BCUT2D eigenvalue weighted by molar-refractivity contribution is -0.138. The van der Waals surface area contributed by atoms with E-state index in [1.54, 1.807) is 17.9 Å². The zero-order valence-electron chi connectivity index (χ0n) is 17.5. The van der Waals surface area contributed by atoms with E-state index < -0.39 is 6.04 Å². The third-order valence-corrected chi connectivity index (χ3v) is 6.29. The first-order valence-corrected chi connectivity index (χ1v) is 11.8. The van der Waals surface area contributed by atoms with Crippen molar-refractivity contribution < 1.29 is 9.59 Å². The molecular weight excluding hydrogens is 439 g/mol. The lowest BCUT2D eigenvalue weighted by atomic mass is 10.1. The molecule has 7 heteroatoms. The number of nitrogens with zero attached hydrogens (tertiary/aromatic N) is 1. The molecule has 2 aromatic rings. The van der Waals surface area contributed by atoms with Crippen molar-refractivity contribution in [1.29, 1.82) is 0 Å². The van der Waals surface area contributed by atoms with Crippen LogP contribution in [0.3, 0.4) is 0 Å². The van der Waals surface area contributed by atoms with Gasteiger partial charge in [-0.15, -0.1) is 11.8 Å². The largest absolute Gasteiger partial charge is 0.354 e. The molecule has 2 amide bonds. The zero-order valence-corrected chi connectivity index (χ0v) is 19.9. The molecule has 30 heavy (non-hydrogen) atoms. The molecule has 1 atom stereocenters. The normalized spacial score (nSPS) is 11.9. The lowest BCUT2D eigenvalue weighted by Gasteiger charge is -2.29. The van der Waals surface area contributed by atoms with E-state index >= 15 is 0 Å². The van der Waals surface area contributed by atoms with Crippen molar-refractivity contribution >= 4 is 46.8 Å². The average Bonchev–Trinajstić information content (AvgIpc) is 2.72. The van der Waals surface area contributed by atoms with Gasteiger partial charge in [-0.25, -0.2) is 0 Å². The first-order valence-electron chi connectivity index (χ1n) is 9.91. The molecule has 4 nitrogen and oxygen atoms in total. The van der Waals surface area contributed by atoms with Crippen LogP contribution < -0.4 is 5.32 Å². The van der Waals surface area contributed by atoms with E-state index in [1.165, 1.54) is 11.8 Å². The van der Waals surface area contributed by atoms with E-state index in [4.69, 9.17) is 23.2 Å².